The van der Waals surface area contributed by atoms with Crippen LogP contribution >= 0.6 is 10.7 Å². The number of hydrogen-bond donors (Lipinski definition) is 1. The number of nitrogens with one attached hydrogen (secondary N) is 1. The van der Waals surface area contributed by atoms with Crippen LogP contribution in [-0.4, -0.2) is 13.4 Å². The van der Waals surface area contributed by atoms with Crippen molar-refractivity contribution in [1.29, 1.82) is 0 Å². The number of benzene rings is 2. The smallest absolute Gasteiger partial charge is 0.263 e. The average Bonchev–Trinajstić information content (AvgIpc) is 2.89. The van der Waals surface area contributed by atoms with Crippen molar-refractivity contribution in [3.63, 3.8) is 0 Å². The van der Waals surface area contributed by atoms with Crippen molar-refractivity contribution < 1.29 is 13.2 Å². The molecule has 0 radical (unpaired) electrons. The summed E-state index contributed by atoms with van der Waals surface area (Å²) in [6.45, 7) is 0.452. The van der Waals surface area contributed by atoms with Gasteiger partial charge in [0.15, 0.2) is 0 Å². The Kier molecular flexibility index (Phi) is 3.61. The maximum Gasteiger partial charge on any atom is 0.263 e. The molecule has 1 aromatic heterocycles. The van der Waals surface area contributed by atoms with Gasteiger partial charge in [0, 0.05) is 28.3 Å². The van der Waals surface area contributed by atoms with Crippen LogP contribution in [0.5, 0.6) is 5.75 Å². The van der Waals surface area contributed by atoms with Crippen LogP contribution in [0.4, 0.5) is 0 Å². The zero-order chi connectivity index (χ0) is 14.9. The van der Waals surface area contributed by atoms with Gasteiger partial charge in [-0.05, 0) is 17.7 Å². The first-order valence-electron chi connectivity index (χ1n) is 6.26. The third-order valence-electron chi connectivity index (χ3n) is 3.13. The van der Waals surface area contributed by atoms with E-state index in [9.17, 15) is 8.42 Å². The van der Waals surface area contributed by atoms with Crippen molar-refractivity contribution in [3.05, 3.63) is 60.3 Å². The molecule has 108 valence electrons. The van der Waals surface area contributed by atoms with E-state index in [4.69, 9.17) is 15.4 Å². The molecule has 0 unspecified atom stereocenters. The van der Waals surface area contributed by atoms with E-state index in [-0.39, 0.29) is 4.90 Å². The van der Waals surface area contributed by atoms with Gasteiger partial charge in [0.25, 0.3) is 9.05 Å². The third-order valence-corrected chi connectivity index (χ3v) is 4.49. The second kappa shape index (κ2) is 5.42. The van der Waals surface area contributed by atoms with Gasteiger partial charge in [0.2, 0.25) is 0 Å². The summed E-state index contributed by atoms with van der Waals surface area (Å²) >= 11 is 0. The number of fused-ring (bicyclic) bond motifs is 1. The van der Waals surface area contributed by atoms with Crippen molar-refractivity contribution in [3.8, 4) is 5.75 Å². The van der Waals surface area contributed by atoms with Crippen molar-refractivity contribution >= 4 is 30.6 Å². The van der Waals surface area contributed by atoms with Gasteiger partial charge in [0.05, 0.1) is 5.52 Å². The molecule has 0 saturated heterocycles. The summed E-state index contributed by atoms with van der Waals surface area (Å²) in [5, 5.41) is 0.553. The molecule has 0 atom stereocenters. The van der Waals surface area contributed by atoms with Crippen LogP contribution < -0.4 is 4.74 Å². The Labute approximate surface area is 126 Å². The van der Waals surface area contributed by atoms with Crippen molar-refractivity contribution in [2.75, 3.05) is 0 Å². The normalized spacial score (nSPS) is 11.7. The van der Waals surface area contributed by atoms with Crippen LogP contribution in [-0.2, 0) is 15.7 Å². The highest BCUT2D eigenvalue weighted by molar-refractivity contribution is 8.14. The van der Waals surface area contributed by atoms with Crippen molar-refractivity contribution in [1.82, 2.24) is 4.98 Å². The van der Waals surface area contributed by atoms with Gasteiger partial charge in [-0.1, -0.05) is 30.3 Å². The van der Waals surface area contributed by atoms with Gasteiger partial charge in [-0.2, -0.15) is 0 Å². The van der Waals surface area contributed by atoms with E-state index in [1.165, 1.54) is 6.20 Å². The fourth-order valence-electron chi connectivity index (χ4n) is 2.11. The second-order valence-electron chi connectivity index (χ2n) is 4.57. The lowest BCUT2D eigenvalue weighted by Crippen LogP contribution is -1.94. The first kappa shape index (κ1) is 14.0. The van der Waals surface area contributed by atoms with E-state index >= 15 is 0 Å². The van der Waals surface area contributed by atoms with E-state index < -0.39 is 9.05 Å². The van der Waals surface area contributed by atoms with Crippen LogP contribution in [0.3, 0.4) is 0 Å². The van der Waals surface area contributed by atoms with E-state index in [0.717, 1.165) is 5.56 Å². The second-order valence-corrected chi connectivity index (χ2v) is 7.11. The molecule has 0 fully saturated rings. The molecule has 3 aromatic rings. The Hall–Kier alpha value is -1.98. The minimum Gasteiger partial charge on any atom is -0.489 e. The molecule has 3 rings (SSSR count). The van der Waals surface area contributed by atoms with Crippen LogP contribution in [0.25, 0.3) is 10.9 Å². The molecule has 1 heterocycles. The summed E-state index contributed by atoms with van der Waals surface area (Å²) < 4.78 is 28.5. The molecule has 0 spiro atoms. The fraction of sp³-hybridized carbons (Fsp3) is 0.0667. The molecule has 0 aliphatic heterocycles. The highest BCUT2D eigenvalue weighted by atomic mass is 35.7. The standard InChI is InChI=1S/C15H12ClNO3S/c16-21(18,19)15-9-17-14-8-12(6-7-13(14)15)20-10-11-4-2-1-3-5-11/h1-9,17H,10H2. The average molecular weight is 322 g/mol. The number of aromatic amines is 1. The predicted molar refractivity (Wildman–Crippen MR) is 82.1 cm³/mol. The lowest BCUT2D eigenvalue weighted by Gasteiger charge is -2.06. The minimum absolute atomic E-state index is 0.0776. The number of ether oxygens (including phenoxy) is 1. The molecule has 2 aromatic carbocycles. The fourth-order valence-corrected chi connectivity index (χ4v) is 3.13. The topological polar surface area (TPSA) is 59.2 Å². The Morgan fingerprint density at radius 3 is 2.57 bits per heavy atom. The molecule has 1 N–H and O–H groups in total. The van der Waals surface area contributed by atoms with Crippen LogP contribution in [0, 0.1) is 0 Å². The molecule has 0 amide bonds. The van der Waals surface area contributed by atoms with E-state index in [1.807, 2.05) is 30.3 Å². The monoisotopic (exact) mass is 321 g/mol. The first-order valence-corrected chi connectivity index (χ1v) is 8.57. The van der Waals surface area contributed by atoms with Crippen LogP contribution in [0.2, 0.25) is 0 Å². The molecular weight excluding hydrogens is 310 g/mol. The van der Waals surface area contributed by atoms with E-state index in [2.05, 4.69) is 4.98 Å². The third kappa shape index (κ3) is 3.04. The van der Waals surface area contributed by atoms with Crippen molar-refractivity contribution in [2.45, 2.75) is 11.5 Å². The Morgan fingerprint density at radius 1 is 1.10 bits per heavy atom. The molecular formula is C15H12ClNO3S. The molecule has 0 bridgehead atoms. The zero-order valence-electron chi connectivity index (χ0n) is 10.9. The number of halogens is 1. The Bertz CT molecular complexity index is 872. The zero-order valence-corrected chi connectivity index (χ0v) is 12.5. The Balaban J connectivity index is 1.86. The molecule has 0 saturated carbocycles. The molecule has 21 heavy (non-hydrogen) atoms. The lowest BCUT2D eigenvalue weighted by atomic mass is 10.2. The van der Waals surface area contributed by atoms with Gasteiger partial charge in [0.1, 0.15) is 17.3 Å². The highest BCUT2D eigenvalue weighted by Crippen LogP contribution is 2.28. The predicted octanol–water partition coefficient (Wildman–Crippen LogP) is 3.67. The largest absolute Gasteiger partial charge is 0.489 e. The van der Waals surface area contributed by atoms with E-state index in [1.54, 1.807) is 18.2 Å². The molecule has 0 aliphatic rings. The maximum atomic E-state index is 11.4. The lowest BCUT2D eigenvalue weighted by molar-refractivity contribution is 0.306. The molecule has 0 aliphatic carbocycles. The number of hydrogen-bond acceptors (Lipinski definition) is 3. The van der Waals surface area contributed by atoms with Crippen LogP contribution in [0.15, 0.2) is 59.6 Å². The van der Waals surface area contributed by atoms with Gasteiger partial charge >= 0.3 is 0 Å². The van der Waals surface area contributed by atoms with Crippen LogP contribution in [0.1, 0.15) is 5.56 Å². The highest BCUT2D eigenvalue weighted by Gasteiger charge is 2.16. The summed E-state index contributed by atoms with van der Waals surface area (Å²) in [7, 11) is 1.63. The summed E-state index contributed by atoms with van der Waals surface area (Å²) in [5.74, 6) is 0.659. The SMILES string of the molecule is O=S(=O)(Cl)c1c[nH]c2cc(OCc3ccccc3)ccc12. The van der Waals surface area contributed by atoms with Gasteiger partial charge in [-0.3, -0.25) is 0 Å². The number of rotatable bonds is 4. The van der Waals surface area contributed by atoms with Gasteiger partial charge in [-0.25, -0.2) is 8.42 Å². The van der Waals surface area contributed by atoms with Gasteiger partial charge < -0.3 is 9.72 Å². The summed E-state index contributed by atoms with van der Waals surface area (Å²) in [5.41, 5.74) is 1.73. The quantitative estimate of drug-likeness (QED) is 0.746. The molecule has 4 nitrogen and oxygen atoms in total. The summed E-state index contributed by atoms with van der Waals surface area (Å²) in [4.78, 5) is 2.97. The van der Waals surface area contributed by atoms with Gasteiger partial charge in [-0.15, -0.1) is 0 Å². The summed E-state index contributed by atoms with van der Waals surface area (Å²) in [6, 6.07) is 15.0. The number of H-pyrrole nitrogens is 1. The minimum atomic E-state index is -3.75. The molecule has 6 heteroatoms. The van der Waals surface area contributed by atoms with Crippen molar-refractivity contribution in [2.24, 2.45) is 0 Å². The summed E-state index contributed by atoms with van der Waals surface area (Å²) in [6.07, 6.45) is 1.38. The first-order chi connectivity index (χ1) is 10.0. The Morgan fingerprint density at radius 2 is 1.86 bits per heavy atom. The number of aromatic nitrogens is 1. The maximum absolute atomic E-state index is 11.4. The van der Waals surface area contributed by atoms with E-state index in [0.29, 0.717) is 23.3 Å².